The summed E-state index contributed by atoms with van der Waals surface area (Å²) in [6, 6.07) is 3.97. The molecule has 2 heterocycles. The molecule has 2 aromatic rings. The van der Waals surface area contributed by atoms with Gasteiger partial charge in [0.2, 0.25) is 0 Å². The van der Waals surface area contributed by atoms with E-state index >= 15 is 0 Å². The lowest BCUT2D eigenvalue weighted by atomic mass is 10.0. The maximum absolute atomic E-state index is 13.6. The maximum atomic E-state index is 13.6. The van der Waals surface area contributed by atoms with Crippen molar-refractivity contribution in [2.24, 2.45) is 0 Å². The van der Waals surface area contributed by atoms with Gasteiger partial charge in [-0.05, 0) is 36.6 Å². The zero-order valence-corrected chi connectivity index (χ0v) is 14.2. The molecule has 134 valence electrons. The standard InChI is InChI=1S/C17H19ClFN3O3/c18-13-8-20-14-2-1-10(19)7-12(14)11(13)3-5-22-6-4-15(16(23)9-22)21-17(24)25/h1-2,7-8,15-16,21,23H,3-6,9H2,(H,24,25)/t15-,16+/m1/s1. The lowest BCUT2D eigenvalue weighted by Crippen LogP contribution is -2.54. The van der Waals surface area contributed by atoms with E-state index in [4.69, 9.17) is 16.7 Å². The third kappa shape index (κ3) is 4.18. The number of β-amino-alcohol motifs (C(OH)–C–C–N with tert-alkyl or cyclic N) is 1. The zero-order valence-electron chi connectivity index (χ0n) is 13.5. The third-order valence-electron chi connectivity index (χ3n) is 4.54. The Morgan fingerprint density at radius 2 is 2.28 bits per heavy atom. The normalized spacial score (nSPS) is 21.4. The molecule has 1 aromatic carbocycles. The Kier molecular flexibility index (Phi) is 5.36. The smallest absolute Gasteiger partial charge is 0.404 e. The number of amides is 1. The van der Waals surface area contributed by atoms with E-state index in [2.05, 4.69) is 10.3 Å². The zero-order chi connectivity index (χ0) is 18.0. The molecular weight excluding hydrogens is 349 g/mol. The third-order valence-corrected chi connectivity index (χ3v) is 4.87. The predicted octanol–water partition coefficient (Wildman–Crippen LogP) is 2.27. The molecule has 1 fully saturated rings. The number of carbonyl (C=O) groups is 1. The fraction of sp³-hybridized carbons (Fsp3) is 0.412. The molecule has 25 heavy (non-hydrogen) atoms. The summed E-state index contributed by atoms with van der Waals surface area (Å²) in [5, 5.41) is 22.4. The van der Waals surface area contributed by atoms with Crippen molar-refractivity contribution in [2.45, 2.75) is 25.0 Å². The fourth-order valence-electron chi connectivity index (χ4n) is 3.25. The minimum absolute atomic E-state index is 0.339. The van der Waals surface area contributed by atoms with E-state index in [1.54, 1.807) is 12.3 Å². The highest BCUT2D eigenvalue weighted by atomic mass is 35.5. The summed E-state index contributed by atoms with van der Waals surface area (Å²) in [5.74, 6) is -0.339. The molecule has 1 aromatic heterocycles. The first kappa shape index (κ1) is 17.8. The average Bonchev–Trinajstić information content (AvgIpc) is 2.56. The van der Waals surface area contributed by atoms with Gasteiger partial charge in [-0.15, -0.1) is 0 Å². The molecule has 2 atom stereocenters. The van der Waals surface area contributed by atoms with Gasteiger partial charge in [0.25, 0.3) is 0 Å². The van der Waals surface area contributed by atoms with Gasteiger partial charge in [-0.1, -0.05) is 11.6 Å². The van der Waals surface area contributed by atoms with Crippen molar-refractivity contribution in [1.29, 1.82) is 0 Å². The van der Waals surface area contributed by atoms with Crippen molar-refractivity contribution in [3.8, 4) is 0 Å². The minimum Gasteiger partial charge on any atom is -0.465 e. The van der Waals surface area contributed by atoms with Gasteiger partial charge in [0.15, 0.2) is 0 Å². The van der Waals surface area contributed by atoms with Crippen LogP contribution in [0.5, 0.6) is 0 Å². The number of hydrogen-bond donors (Lipinski definition) is 3. The van der Waals surface area contributed by atoms with E-state index in [1.165, 1.54) is 12.1 Å². The first-order valence-corrected chi connectivity index (χ1v) is 8.44. The molecule has 8 heteroatoms. The Hall–Kier alpha value is -1.96. The Morgan fingerprint density at radius 3 is 3.00 bits per heavy atom. The maximum Gasteiger partial charge on any atom is 0.404 e. The largest absolute Gasteiger partial charge is 0.465 e. The van der Waals surface area contributed by atoms with E-state index in [1.807, 2.05) is 4.90 Å². The predicted molar refractivity (Wildman–Crippen MR) is 92.4 cm³/mol. The number of nitrogens with one attached hydrogen (secondary N) is 1. The number of aromatic nitrogens is 1. The number of pyridine rings is 1. The second kappa shape index (κ2) is 7.51. The van der Waals surface area contributed by atoms with Crippen LogP contribution in [0.15, 0.2) is 24.4 Å². The minimum atomic E-state index is -1.13. The van der Waals surface area contributed by atoms with Crippen LogP contribution in [-0.4, -0.2) is 58.0 Å². The lowest BCUT2D eigenvalue weighted by Gasteiger charge is -2.35. The molecule has 1 saturated heterocycles. The van der Waals surface area contributed by atoms with E-state index in [9.17, 15) is 14.3 Å². The van der Waals surface area contributed by atoms with Crippen LogP contribution >= 0.6 is 11.6 Å². The highest BCUT2D eigenvalue weighted by Crippen LogP contribution is 2.26. The number of carboxylic acid groups (broad SMARTS) is 1. The van der Waals surface area contributed by atoms with Crippen LogP contribution in [0.1, 0.15) is 12.0 Å². The number of fused-ring (bicyclic) bond motifs is 1. The van der Waals surface area contributed by atoms with Gasteiger partial charge < -0.3 is 20.4 Å². The van der Waals surface area contributed by atoms with E-state index in [0.29, 0.717) is 48.4 Å². The number of halogens is 2. The van der Waals surface area contributed by atoms with Gasteiger partial charge in [-0.2, -0.15) is 0 Å². The van der Waals surface area contributed by atoms with Crippen LogP contribution < -0.4 is 5.32 Å². The van der Waals surface area contributed by atoms with E-state index < -0.39 is 18.2 Å². The van der Waals surface area contributed by atoms with Gasteiger partial charge >= 0.3 is 6.09 Å². The molecule has 3 rings (SSSR count). The summed E-state index contributed by atoms with van der Waals surface area (Å²) in [6.07, 6.45) is 0.800. The molecule has 1 aliphatic heterocycles. The number of piperidine rings is 1. The summed E-state index contributed by atoms with van der Waals surface area (Å²) in [5.41, 5.74) is 1.51. The van der Waals surface area contributed by atoms with Gasteiger partial charge in [-0.25, -0.2) is 9.18 Å². The van der Waals surface area contributed by atoms with Crippen LogP contribution in [0.2, 0.25) is 5.02 Å². The number of benzene rings is 1. The van der Waals surface area contributed by atoms with Crippen LogP contribution in [0.3, 0.4) is 0 Å². The highest BCUT2D eigenvalue weighted by molar-refractivity contribution is 6.32. The van der Waals surface area contributed by atoms with Crippen molar-refractivity contribution in [3.63, 3.8) is 0 Å². The van der Waals surface area contributed by atoms with Crippen molar-refractivity contribution in [1.82, 2.24) is 15.2 Å². The first-order valence-electron chi connectivity index (χ1n) is 8.06. The summed E-state index contributed by atoms with van der Waals surface area (Å²) in [7, 11) is 0. The monoisotopic (exact) mass is 367 g/mol. The van der Waals surface area contributed by atoms with Gasteiger partial charge in [0, 0.05) is 31.2 Å². The second-order valence-electron chi connectivity index (χ2n) is 6.21. The van der Waals surface area contributed by atoms with Crippen LogP contribution in [0.4, 0.5) is 9.18 Å². The first-order chi connectivity index (χ1) is 11.9. The summed E-state index contributed by atoms with van der Waals surface area (Å²) >= 11 is 6.25. The van der Waals surface area contributed by atoms with Crippen molar-refractivity contribution in [3.05, 3.63) is 40.8 Å². The molecule has 0 radical (unpaired) electrons. The number of aliphatic hydroxyl groups excluding tert-OH is 1. The number of aliphatic hydroxyl groups is 1. The molecular formula is C17H19ClFN3O3. The second-order valence-corrected chi connectivity index (χ2v) is 6.62. The summed E-state index contributed by atoms with van der Waals surface area (Å²) in [6.45, 7) is 1.67. The number of nitrogens with zero attached hydrogens (tertiary/aromatic N) is 2. The summed E-state index contributed by atoms with van der Waals surface area (Å²) < 4.78 is 13.6. The number of hydrogen-bond acceptors (Lipinski definition) is 4. The van der Waals surface area contributed by atoms with E-state index in [-0.39, 0.29) is 5.82 Å². The number of rotatable bonds is 4. The quantitative estimate of drug-likeness (QED) is 0.772. The lowest BCUT2D eigenvalue weighted by molar-refractivity contribution is 0.0413. The Labute approximate surface area is 149 Å². The van der Waals surface area contributed by atoms with Crippen LogP contribution in [0.25, 0.3) is 10.9 Å². The molecule has 1 aliphatic rings. The van der Waals surface area contributed by atoms with Crippen LogP contribution in [0, 0.1) is 5.82 Å². The SMILES string of the molecule is O=C(O)N[C@@H]1CCN(CCc2c(Cl)cnc3ccc(F)cc23)C[C@@H]1O. The van der Waals surface area contributed by atoms with Gasteiger partial charge in [0.05, 0.1) is 22.7 Å². The van der Waals surface area contributed by atoms with Crippen molar-refractivity contribution in [2.75, 3.05) is 19.6 Å². The molecule has 3 N–H and O–H groups in total. The molecule has 1 amide bonds. The Balaban J connectivity index is 1.68. The fourth-order valence-corrected chi connectivity index (χ4v) is 3.49. The molecule has 0 saturated carbocycles. The molecule has 0 unspecified atom stereocenters. The molecule has 6 nitrogen and oxygen atoms in total. The van der Waals surface area contributed by atoms with Crippen molar-refractivity contribution >= 4 is 28.6 Å². The van der Waals surface area contributed by atoms with Crippen LogP contribution in [-0.2, 0) is 6.42 Å². The van der Waals surface area contributed by atoms with Gasteiger partial charge in [0.1, 0.15) is 5.82 Å². The van der Waals surface area contributed by atoms with Gasteiger partial charge in [-0.3, -0.25) is 4.98 Å². The summed E-state index contributed by atoms with van der Waals surface area (Å²) in [4.78, 5) is 17.0. The molecule has 0 bridgehead atoms. The number of likely N-dealkylation sites (tertiary alicyclic amines) is 1. The topological polar surface area (TPSA) is 85.7 Å². The Bertz CT molecular complexity index is 784. The Morgan fingerprint density at radius 1 is 1.48 bits per heavy atom. The molecule has 0 aliphatic carbocycles. The van der Waals surface area contributed by atoms with Crippen molar-refractivity contribution < 1.29 is 19.4 Å². The van der Waals surface area contributed by atoms with E-state index in [0.717, 1.165) is 5.56 Å². The molecule has 0 spiro atoms. The highest BCUT2D eigenvalue weighted by Gasteiger charge is 2.28. The average molecular weight is 368 g/mol.